The lowest BCUT2D eigenvalue weighted by atomic mass is 10.1. The maximum absolute atomic E-state index is 12.6. The summed E-state index contributed by atoms with van der Waals surface area (Å²) in [5.74, 6) is 0.194. The third-order valence-corrected chi connectivity index (χ3v) is 3.66. The Balaban J connectivity index is 2.12. The van der Waals surface area contributed by atoms with Crippen molar-refractivity contribution in [2.75, 3.05) is 27.2 Å². The number of amides is 1. The van der Waals surface area contributed by atoms with Crippen LogP contribution in [0.15, 0.2) is 24.5 Å². The standard InChI is InChI=1S/C14H22N4O/c1-11-9-17(3)13(8-15-2)14(19)18(11)10-12-5-4-6-16-7-12/h4-7,11,13,15H,8-10H2,1-3H3. The van der Waals surface area contributed by atoms with Gasteiger partial charge in [-0.15, -0.1) is 0 Å². The van der Waals surface area contributed by atoms with Crippen LogP contribution in [0.25, 0.3) is 0 Å². The normalized spacial score (nSPS) is 24.8. The lowest BCUT2D eigenvalue weighted by molar-refractivity contribution is -0.145. The van der Waals surface area contributed by atoms with Gasteiger partial charge in [-0.3, -0.25) is 14.7 Å². The minimum absolute atomic E-state index is 0.0714. The van der Waals surface area contributed by atoms with Crippen molar-refractivity contribution in [2.24, 2.45) is 0 Å². The van der Waals surface area contributed by atoms with Crippen molar-refractivity contribution in [2.45, 2.75) is 25.6 Å². The number of hydrogen-bond donors (Lipinski definition) is 1. The van der Waals surface area contributed by atoms with Crippen molar-refractivity contribution in [3.8, 4) is 0 Å². The molecule has 1 aliphatic heterocycles. The topological polar surface area (TPSA) is 48.5 Å². The molecule has 2 atom stereocenters. The van der Waals surface area contributed by atoms with Crippen molar-refractivity contribution in [3.63, 3.8) is 0 Å². The van der Waals surface area contributed by atoms with E-state index < -0.39 is 0 Å². The quantitative estimate of drug-likeness (QED) is 0.849. The Morgan fingerprint density at radius 3 is 2.95 bits per heavy atom. The van der Waals surface area contributed by atoms with Gasteiger partial charge in [0.05, 0.1) is 0 Å². The molecule has 1 amide bonds. The average Bonchev–Trinajstić information content (AvgIpc) is 2.41. The van der Waals surface area contributed by atoms with Crippen LogP contribution in [-0.4, -0.2) is 60.0 Å². The van der Waals surface area contributed by atoms with E-state index in [2.05, 4.69) is 22.1 Å². The number of rotatable bonds is 4. The maximum atomic E-state index is 12.6. The Morgan fingerprint density at radius 2 is 2.32 bits per heavy atom. The molecule has 1 aliphatic rings. The summed E-state index contributed by atoms with van der Waals surface area (Å²) in [6.45, 7) is 4.33. The third-order valence-electron chi connectivity index (χ3n) is 3.66. The molecule has 0 radical (unpaired) electrons. The van der Waals surface area contributed by atoms with Crippen molar-refractivity contribution in [1.82, 2.24) is 20.1 Å². The Hall–Kier alpha value is -1.46. The van der Waals surface area contributed by atoms with Gasteiger partial charge in [0.25, 0.3) is 0 Å². The molecule has 104 valence electrons. The molecule has 1 N–H and O–H groups in total. The number of pyridine rings is 1. The first kappa shape index (κ1) is 14.0. The first-order valence-corrected chi connectivity index (χ1v) is 6.67. The molecular weight excluding hydrogens is 240 g/mol. The summed E-state index contributed by atoms with van der Waals surface area (Å²) < 4.78 is 0. The molecule has 0 aromatic carbocycles. The fraction of sp³-hybridized carbons (Fsp3) is 0.571. The van der Waals surface area contributed by atoms with Crippen LogP contribution in [0.2, 0.25) is 0 Å². The zero-order chi connectivity index (χ0) is 13.8. The molecule has 0 spiro atoms. The van der Waals surface area contributed by atoms with Gasteiger partial charge in [0.1, 0.15) is 6.04 Å². The molecule has 0 bridgehead atoms. The van der Waals surface area contributed by atoms with Gasteiger partial charge in [-0.25, -0.2) is 0 Å². The molecule has 5 nitrogen and oxygen atoms in total. The van der Waals surface area contributed by atoms with E-state index in [-0.39, 0.29) is 18.0 Å². The first-order valence-electron chi connectivity index (χ1n) is 6.67. The lowest BCUT2D eigenvalue weighted by Crippen LogP contribution is -2.61. The summed E-state index contributed by atoms with van der Waals surface area (Å²) in [7, 11) is 3.89. The summed E-state index contributed by atoms with van der Waals surface area (Å²) in [6.07, 6.45) is 3.58. The molecule has 0 aliphatic carbocycles. The predicted octanol–water partition coefficient (Wildman–Crippen LogP) is 0.332. The molecule has 1 saturated heterocycles. The summed E-state index contributed by atoms with van der Waals surface area (Å²) in [6, 6.07) is 4.08. The summed E-state index contributed by atoms with van der Waals surface area (Å²) in [5.41, 5.74) is 1.08. The minimum Gasteiger partial charge on any atom is -0.333 e. The number of aromatic nitrogens is 1. The fourth-order valence-electron chi connectivity index (χ4n) is 2.60. The maximum Gasteiger partial charge on any atom is 0.241 e. The SMILES string of the molecule is CNCC1C(=O)N(Cc2cccnc2)C(C)CN1C. The minimum atomic E-state index is -0.0714. The molecule has 2 unspecified atom stereocenters. The average molecular weight is 262 g/mol. The fourth-order valence-corrected chi connectivity index (χ4v) is 2.60. The van der Waals surface area contributed by atoms with Gasteiger partial charge in [-0.1, -0.05) is 6.07 Å². The van der Waals surface area contributed by atoms with E-state index in [0.717, 1.165) is 12.1 Å². The molecule has 0 saturated carbocycles. The van der Waals surface area contributed by atoms with E-state index in [1.54, 1.807) is 6.20 Å². The van der Waals surface area contributed by atoms with Crippen molar-refractivity contribution in [1.29, 1.82) is 0 Å². The summed E-state index contributed by atoms with van der Waals surface area (Å²) >= 11 is 0. The smallest absolute Gasteiger partial charge is 0.241 e. The number of nitrogens with one attached hydrogen (secondary N) is 1. The largest absolute Gasteiger partial charge is 0.333 e. The van der Waals surface area contributed by atoms with Crippen LogP contribution in [-0.2, 0) is 11.3 Å². The number of carbonyl (C=O) groups excluding carboxylic acids is 1. The molecule has 1 fully saturated rings. The van der Waals surface area contributed by atoms with Crippen LogP contribution in [0.4, 0.5) is 0 Å². The van der Waals surface area contributed by atoms with Crippen molar-refractivity contribution >= 4 is 5.91 Å². The highest BCUT2D eigenvalue weighted by Gasteiger charge is 2.36. The van der Waals surface area contributed by atoms with E-state index in [1.165, 1.54) is 0 Å². The van der Waals surface area contributed by atoms with Gasteiger partial charge >= 0.3 is 0 Å². The van der Waals surface area contributed by atoms with Crippen LogP contribution >= 0.6 is 0 Å². The zero-order valence-corrected chi connectivity index (χ0v) is 11.8. The second-order valence-electron chi connectivity index (χ2n) is 5.19. The van der Waals surface area contributed by atoms with Crippen LogP contribution < -0.4 is 5.32 Å². The van der Waals surface area contributed by atoms with Crippen LogP contribution in [0.5, 0.6) is 0 Å². The lowest BCUT2D eigenvalue weighted by Gasteiger charge is -2.43. The van der Waals surface area contributed by atoms with E-state index in [4.69, 9.17) is 0 Å². The van der Waals surface area contributed by atoms with Crippen molar-refractivity contribution in [3.05, 3.63) is 30.1 Å². The van der Waals surface area contributed by atoms with Crippen LogP contribution in [0.3, 0.4) is 0 Å². The number of likely N-dealkylation sites (N-methyl/N-ethyl adjacent to an activating group) is 2. The second kappa shape index (κ2) is 6.12. The van der Waals surface area contributed by atoms with Gasteiger partial charge in [-0.05, 0) is 32.6 Å². The van der Waals surface area contributed by atoms with Crippen LogP contribution in [0.1, 0.15) is 12.5 Å². The molecule has 2 heterocycles. The van der Waals surface area contributed by atoms with E-state index in [9.17, 15) is 4.79 Å². The number of carbonyl (C=O) groups is 1. The number of piperazine rings is 1. The highest BCUT2D eigenvalue weighted by Crippen LogP contribution is 2.17. The highest BCUT2D eigenvalue weighted by molar-refractivity contribution is 5.83. The number of nitrogens with zero attached hydrogens (tertiary/aromatic N) is 3. The van der Waals surface area contributed by atoms with Gasteiger partial charge in [0.2, 0.25) is 5.91 Å². The van der Waals surface area contributed by atoms with E-state index in [1.807, 2.05) is 37.3 Å². The van der Waals surface area contributed by atoms with Gasteiger partial charge in [0.15, 0.2) is 0 Å². The first-order chi connectivity index (χ1) is 9.13. The second-order valence-corrected chi connectivity index (χ2v) is 5.19. The molecule has 2 rings (SSSR count). The highest BCUT2D eigenvalue weighted by atomic mass is 16.2. The molecular formula is C14H22N4O. The van der Waals surface area contributed by atoms with E-state index in [0.29, 0.717) is 13.1 Å². The van der Waals surface area contributed by atoms with E-state index >= 15 is 0 Å². The monoisotopic (exact) mass is 262 g/mol. The van der Waals surface area contributed by atoms with Gasteiger partial charge in [-0.2, -0.15) is 0 Å². The third kappa shape index (κ3) is 3.11. The predicted molar refractivity (Wildman–Crippen MR) is 74.6 cm³/mol. The van der Waals surface area contributed by atoms with Gasteiger partial charge < -0.3 is 10.2 Å². The Bertz CT molecular complexity index is 423. The molecule has 1 aromatic heterocycles. The van der Waals surface area contributed by atoms with Crippen LogP contribution in [0, 0.1) is 0 Å². The summed E-state index contributed by atoms with van der Waals surface area (Å²) in [4.78, 5) is 20.8. The zero-order valence-electron chi connectivity index (χ0n) is 11.8. The van der Waals surface area contributed by atoms with Crippen molar-refractivity contribution < 1.29 is 4.79 Å². The summed E-state index contributed by atoms with van der Waals surface area (Å²) in [5, 5.41) is 3.10. The molecule has 19 heavy (non-hydrogen) atoms. The van der Waals surface area contributed by atoms with Gasteiger partial charge in [0, 0.05) is 38.1 Å². The Kier molecular flexibility index (Phi) is 4.50. The molecule has 5 heteroatoms. The Morgan fingerprint density at radius 1 is 1.53 bits per heavy atom. The Labute approximate surface area is 114 Å². The molecule has 1 aromatic rings. The number of hydrogen-bond acceptors (Lipinski definition) is 4.